The van der Waals surface area contributed by atoms with Crippen molar-refractivity contribution < 1.29 is 4.42 Å². The van der Waals surface area contributed by atoms with Crippen LogP contribution in [0.1, 0.15) is 69.5 Å². The van der Waals surface area contributed by atoms with E-state index in [1.54, 1.807) is 0 Å². The molecule has 2 aromatic heterocycles. The standard InChI is InChI=1S/C53H39NOS2/c1-3-12-33(13-4-1)35-22-26-37(27-23-35)48(38-28-24-36(25-29-38)34-14-5-2-6-15-34)43-18-11-19-44-49(43)40-31-30-39(32-45(40)55-44)54-50-41-16-7-9-20-46(41)56-52(50)53-51(54)42-17-8-10-21-47(42)57-53/h1-22,24,26-28,30-32,35,48,50,52H,23,25,29H2. The average molecular weight is 770 g/mol. The highest BCUT2D eigenvalue weighted by atomic mass is 32.2. The van der Waals surface area contributed by atoms with Crippen molar-refractivity contribution in [1.82, 2.24) is 0 Å². The van der Waals surface area contributed by atoms with Crippen LogP contribution in [0.4, 0.5) is 11.4 Å². The Kier molecular flexibility index (Phi) is 7.84. The van der Waals surface area contributed by atoms with Crippen LogP contribution in [0.3, 0.4) is 0 Å². The van der Waals surface area contributed by atoms with Crippen LogP contribution >= 0.6 is 23.1 Å². The van der Waals surface area contributed by atoms with Gasteiger partial charge in [0.05, 0.1) is 17.0 Å². The predicted molar refractivity (Wildman–Crippen MR) is 241 cm³/mol. The Morgan fingerprint density at radius 3 is 2.37 bits per heavy atom. The number of benzene rings is 6. The largest absolute Gasteiger partial charge is 0.456 e. The molecule has 4 unspecified atom stereocenters. The van der Waals surface area contributed by atoms with Crippen molar-refractivity contribution in [2.24, 2.45) is 0 Å². The first-order valence-electron chi connectivity index (χ1n) is 20.2. The number of hydrogen-bond donors (Lipinski definition) is 0. The Balaban J connectivity index is 0.990. The van der Waals surface area contributed by atoms with Gasteiger partial charge in [0.25, 0.3) is 0 Å². The maximum absolute atomic E-state index is 6.91. The summed E-state index contributed by atoms with van der Waals surface area (Å²) in [5.74, 6) is 0.516. The number of hydrogen-bond acceptors (Lipinski definition) is 4. The Labute approximate surface area is 341 Å². The third kappa shape index (κ3) is 5.38. The van der Waals surface area contributed by atoms with E-state index in [1.165, 1.54) is 81.0 Å². The van der Waals surface area contributed by atoms with Gasteiger partial charge in [-0.25, -0.2) is 0 Å². The first-order chi connectivity index (χ1) is 28.3. The van der Waals surface area contributed by atoms with E-state index in [-0.39, 0.29) is 12.0 Å². The molecule has 0 saturated heterocycles. The van der Waals surface area contributed by atoms with Gasteiger partial charge in [-0.3, -0.25) is 0 Å². The van der Waals surface area contributed by atoms with Gasteiger partial charge < -0.3 is 9.32 Å². The van der Waals surface area contributed by atoms with E-state index in [4.69, 9.17) is 4.42 Å². The molecule has 6 aromatic carbocycles. The number of anilines is 2. The predicted octanol–water partition coefficient (Wildman–Crippen LogP) is 15.4. The van der Waals surface area contributed by atoms with E-state index in [1.807, 2.05) is 23.1 Å². The van der Waals surface area contributed by atoms with Crippen LogP contribution in [-0.4, -0.2) is 0 Å². The van der Waals surface area contributed by atoms with Gasteiger partial charge in [0, 0.05) is 54.2 Å². The van der Waals surface area contributed by atoms with E-state index in [0.29, 0.717) is 11.2 Å². The zero-order valence-electron chi connectivity index (χ0n) is 31.3. The van der Waals surface area contributed by atoms with Gasteiger partial charge in [-0.1, -0.05) is 145 Å². The minimum atomic E-state index is 0.127. The van der Waals surface area contributed by atoms with Crippen molar-refractivity contribution in [3.63, 3.8) is 0 Å². The SMILES string of the molecule is C1=CC(c2ccccc2)CC=C1C(C1=CC=C(c2ccccc2)CC1)c1cccc2oc3cc(N4c5c(sc6ccccc56)C5Sc6ccccc6C54)ccc3c12. The van der Waals surface area contributed by atoms with Crippen LogP contribution in [0, 0.1) is 0 Å². The highest BCUT2D eigenvalue weighted by Gasteiger charge is 2.48. The lowest BCUT2D eigenvalue weighted by atomic mass is 9.75. The molecule has 0 fully saturated rings. The third-order valence-electron chi connectivity index (χ3n) is 12.6. The minimum absolute atomic E-state index is 0.127. The smallest absolute Gasteiger partial charge is 0.137 e. The second-order valence-corrected chi connectivity index (χ2v) is 18.0. The van der Waals surface area contributed by atoms with Gasteiger partial charge in [0.15, 0.2) is 0 Å². The quantitative estimate of drug-likeness (QED) is 0.168. The molecule has 2 nitrogen and oxygen atoms in total. The van der Waals surface area contributed by atoms with Crippen molar-refractivity contribution >= 4 is 72.1 Å². The molecule has 2 aliphatic carbocycles. The summed E-state index contributed by atoms with van der Waals surface area (Å²) >= 11 is 3.99. The lowest BCUT2D eigenvalue weighted by Crippen LogP contribution is -2.19. The fraction of sp³-hybridized carbons (Fsp3) is 0.132. The van der Waals surface area contributed by atoms with Crippen LogP contribution in [0.25, 0.3) is 37.6 Å². The fourth-order valence-electron chi connectivity index (χ4n) is 10.00. The number of rotatable bonds is 6. The van der Waals surface area contributed by atoms with E-state index < -0.39 is 0 Å². The van der Waals surface area contributed by atoms with Gasteiger partial charge >= 0.3 is 0 Å². The van der Waals surface area contributed by atoms with Gasteiger partial charge in [-0.05, 0) is 83.0 Å². The summed E-state index contributed by atoms with van der Waals surface area (Å²) in [5.41, 5.74) is 14.1. The molecule has 2 aliphatic heterocycles. The molecule has 0 spiro atoms. The molecule has 4 heterocycles. The fourth-order valence-corrected chi connectivity index (χ4v) is 12.9. The average Bonchev–Trinajstić information content (AvgIpc) is 4.03. The summed E-state index contributed by atoms with van der Waals surface area (Å²) in [6.07, 6.45) is 15.2. The Bertz CT molecular complexity index is 3000. The number of fused-ring (bicyclic) bond motifs is 10. The molecule has 0 amide bonds. The number of nitrogens with zero attached hydrogens (tertiary/aromatic N) is 1. The molecule has 12 rings (SSSR count). The van der Waals surface area contributed by atoms with Gasteiger partial charge in [-0.2, -0.15) is 0 Å². The summed E-state index contributed by atoms with van der Waals surface area (Å²) in [6.45, 7) is 0. The minimum Gasteiger partial charge on any atom is -0.456 e. The lowest BCUT2D eigenvalue weighted by molar-refractivity contribution is 0.667. The van der Waals surface area contributed by atoms with Crippen molar-refractivity contribution in [2.75, 3.05) is 4.90 Å². The number of allylic oxidation sites excluding steroid dienone is 8. The third-order valence-corrected chi connectivity index (χ3v) is 15.4. The lowest BCUT2D eigenvalue weighted by Gasteiger charge is -2.28. The van der Waals surface area contributed by atoms with Gasteiger partial charge in [0.1, 0.15) is 11.2 Å². The van der Waals surface area contributed by atoms with Crippen molar-refractivity contribution in [3.8, 4) is 0 Å². The van der Waals surface area contributed by atoms with Crippen LogP contribution in [0.5, 0.6) is 0 Å². The van der Waals surface area contributed by atoms with E-state index in [9.17, 15) is 0 Å². The van der Waals surface area contributed by atoms with Gasteiger partial charge in [0.2, 0.25) is 0 Å². The molecule has 4 heteroatoms. The first kappa shape index (κ1) is 33.3. The van der Waals surface area contributed by atoms with E-state index >= 15 is 0 Å². The highest BCUT2D eigenvalue weighted by molar-refractivity contribution is 8.00. The Morgan fingerprint density at radius 2 is 1.53 bits per heavy atom. The first-order valence-corrected chi connectivity index (χ1v) is 21.9. The number of furan rings is 1. The Hall–Kier alpha value is -5.81. The second-order valence-electron chi connectivity index (χ2n) is 15.8. The van der Waals surface area contributed by atoms with Crippen LogP contribution < -0.4 is 4.90 Å². The molecule has 0 bridgehead atoms. The molecule has 274 valence electrons. The monoisotopic (exact) mass is 769 g/mol. The van der Waals surface area contributed by atoms with Crippen molar-refractivity contribution in [2.45, 2.75) is 47.3 Å². The summed E-state index contributed by atoms with van der Waals surface area (Å²) < 4.78 is 8.26. The summed E-state index contributed by atoms with van der Waals surface area (Å²) in [4.78, 5) is 5.49. The summed E-state index contributed by atoms with van der Waals surface area (Å²) in [6, 6.07) is 53.7. The van der Waals surface area contributed by atoms with Crippen molar-refractivity contribution in [3.05, 3.63) is 214 Å². The molecular weight excluding hydrogens is 731 g/mol. The highest BCUT2D eigenvalue weighted by Crippen LogP contribution is 2.67. The molecule has 8 aromatic rings. The Morgan fingerprint density at radius 1 is 0.702 bits per heavy atom. The molecule has 57 heavy (non-hydrogen) atoms. The van der Waals surface area contributed by atoms with Crippen LogP contribution in [-0.2, 0) is 0 Å². The summed E-state index contributed by atoms with van der Waals surface area (Å²) in [7, 11) is 0. The molecule has 0 N–H and O–H groups in total. The van der Waals surface area contributed by atoms with Gasteiger partial charge in [-0.15, -0.1) is 23.1 Å². The maximum atomic E-state index is 6.91. The van der Waals surface area contributed by atoms with E-state index in [2.05, 4.69) is 181 Å². The van der Waals surface area contributed by atoms with E-state index in [0.717, 1.165) is 30.4 Å². The topological polar surface area (TPSA) is 16.4 Å². The molecular formula is C53H39NOS2. The molecule has 0 radical (unpaired) electrons. The number of thiophene rings is 1. The zero-order chi connectivity index (χ0) is 37.5. The summed E-state index contributed by atoms with van der Waals surface area (Å²) in [5, 5.41) is 4.12. The molecule has 0 saturated carbocycles. The molecule has 4 atom stereocenters. The second kappa shape index (κ2) is 13.4. The van der Waals surface area contributed by atoms with Crippen LogP contribution in [0.15, 0.2) is 196 Å². The normalized spacial score (nSPS) is 20.3. The number of thioether (sulfide) groups is 1. The van der Waals surface area contributed by atoms with Crippen LogP contribution in [0.2, 0.25) is 0 Å². The van der Waals surface area contributed by atoms with Crippen molar-refractivity contribution in [1.29, 1.82) is 0 Å². The zero-order valence-corrected chi connectivity index (χ0v) is 33.0. The maximum Gasteiger partial charge on any atom is 0.137 e. The molecule has 4 aliphatic rings.